The summed E-state index contributed by atoms with van der Waals surface area (Å²) >= 11 is 10.5. The van der Waals surface area contributed by atoms with Gasteiger partial charge < -0.3 is 0 Å². The Morgan fingerprint density at radius 2 is 1.07 bits per heavy atom. The van der Waals surface area contributed by atoms with Crippen LogP contribution in [-0.4, -0.2) is 5.11 Å². The molecule has 1 nitrogen and oxygen atoms in total. The second-order valence-corrected chi connectivity index (χ2v) is 16.5. The molecule has 0 saturated carbocycles. The Hall–Kier alpha value is -2.12. The molecule has 29 heavy (non-hydrogen) atoms. The second-order valence-electron chi connectivity index (χ2n) is 7.12. The number of hydrogen-bond acceptors (Lipinski definition) is 1. The summed E-state index contributed by atoms with van der Waals surface area (Å²) < 4.78 is 0. The molecule has 1 N–H and O–H groups in total. The molecule has 4 heteroatoms. The fraction of sp³-hybridized carbons (Fsp3) is 0.0400. The van der Waals surface area contributed by atoms with Crippen molar-refractivity contribution >= 4 is 48.3 Å². The van der Waals surface area contributed by atoms with Crippen LogP contribution in [0.4, 0.5) is 0 Å². The number of benzene rings is 4. The maximum absolute atomic E-state index is 10.7. The molecule has 0 radical (unpaired) electrons. The Morgan fingerprint density at radius 1 is 0.655 bits per heavy atom. The minimum absolute atomic E-state index is 0.216. The van der Waals surface area contributed by atoms with E-state index in [9.17, 15) is 5.11 Å². The standard InChI is InChI=1S/C25H21BrClOP/c26-29(22-10-4-1-5-11-22,23-12-6-2-7-13-23,24-14-8-3-9-15-24)19-20-16-17-21(27)18-25(20)28/h1-18,28H,19H2. The van der Waals surface area contributed by atoms with Crippen molar-refractivity contribution in [3.8, 4) is 5.75 Å². The number of phenolic OH excluding ortho intramolecular Hbond substituents is 1. The predicted octanol–water partition coefficient (Wildman–Crippen LogP) is 6.39. The van der Waals surface area contributed by atoms with E-state index < -0.39 is 5.31 Å². The van der Waals surface area contributed by atoms with Crippen molar-refractivity contribution in [3.63, 3.8) is 0 Å². The Morgan fingerprint density at radius 3 is 1.45 bits per heavy atom. The summed E-state index contributed by atoms with van der Waals surface area (Å²) in [4.78, 5) is 0. The van der Waals surface area contributed by atoms with Gasteiger partial charge in [0.25, 0.3) is 0 Å². The van der Waals surface area contributed by atoms with Crippen molar-refractivity contribution < 1.29 is 5.11 Å². The summed E-state index contributed by atoms with van der Waals surface area (Å²) in [6.07, 6.45) is 0.632. The SMILES string of the molecule is Oc1cc(Cl)ccc1CP(Br)(c1ccccc1)(c1ccccc1)c1ccccc1. The van der Waals surface area contributed by atoms with E-state index in [0.29, 0.717) is 11.2 Å². The third-order valence-electron chi connectivity index (χ3n) is 5.40. The number of rotatable bonds is 5. The van der Waals surface area contributed by atoms with Gasteiger partial charge in [0.15, 0.2) is 0 Å². The summed E-state index contributed by atoms with van der Waals surface area (Å²) in [6, 6.07) is 37.0. The van der Waals surface area contributed by atoms with Gasteiger partial charge in [-0.05, 0) is 0 Å². The Balaban J connectivity index is 2.09. The van der Waals surface area contributed by atoms with Crippen LogP contribution in [0, 0.1) is 0 Å². The van der Waals surface area contributed by atoms with Gasteiger partial charge in [-0.15, -0.1) is 0 Å². The van der Waals surface area contributed by atoms with Crippen molar-refractivity contribution in [2.24, 2.45) is 0 Å². The molecule has 0 heterocycles. The van der Waals surface area contributed by atoms with Crippen LogP contribution in [0.3, 0.4) is 0 Å². The van der Waals surface area contributed by atoms with E-state index in [1.165, 1.54) is 15.9 Å². The molecule has 0 bridgehead atoms. The molecule has 0 fully saturated rings. The van der Waals surface area contributed by atoms with Gasteiger partial charge in [0.2, 0.25) is 0 Å². The average Bonchev–Trinajstić information content (AvgIpc) is 2.78. The van der Waals surface area contributed by atoms with Crippen LogP contribution < -0.4 is 15.9 Å². The number of aromatic hydroxyl groups is 1. The summed E-state index contributed by atoms with van der Waals surface area (Å²) in [5.41, 5.74) is 0.862. The molecule has 0 atom stereocenters. The maximum atomic E-state index is 10.7. The number of halogens is 2. The van der Waals surface area contributed by atoms with E-state index in [4.69, 9.17) is 11.6 Å². The van der Waals surface area contributed by atoms with Crippen LogP contribution >= 0.6 is 32.4 Å². The van der Waals surface area contributed by atoms with Gasteiger partial charge in [-0.25, -0.2) is 0 Å². The van der Waals surface area contributed by atoms with Crippen LogP contribution in [-0.2, 0) is 6.16 Å². The zero-order valence-electron chi connectivity index (χ0n) is 15.7. The molecule has 0 saturated heterocycles. The first kappa shape index (κ1) is 20.2. The van der Waals surface area contributed by atoms with E-state index in [-0.39, 0.29) is 5.75 Å². The average molecular weight is 484 g/mol. The molecule has 4 aromatic carbocycles. The molecule has 0 amide bonds. The summed E-state index contributed by atoms with van der Waals surface area (Å²) in [7, 11) is 0. The van der Waals surface area contributed by atoms with Crippen LogP contribution in [0.15, 0.2) is 109 Å². The summed E-state index contributed by atoms with van der Waals surface area (Å²) in [6.45, 7) is 0. The molecule has 146 valence electrons. The van der Waals surface area contributed by atoms with Gasteiger partial charge in [0, 0.05) is 0 Å². The number of phenols is 1. The first-order valence-electron chi connectivity index (χ1n) is 9.39. The Labute approximate surface area is 184 Å². The van der Waals surface area contributed by atoms with Crippen molar-refractivity contribution in [1.82, 2.24) is 0 Å². The van der Waals surface area contributed by atoms with Crippen molar-refractivity contribution in [2.45, 2.75) is 6.16 Å². The topological polar surface area (TPSA) is 20.2 Å². The van der Waals surface area contributed by atoms with Crippen molar-refractivity contribution in [1.29, 1.82) is 0 Å². The fourth-order valence-electron chi connectivity index (χ4n) is 3.93. The van der Waals surface area contributed by atoms with Crippen LogP contribution in [0.2, 0.25) is 5.02 Å². The van der Waals surface area contributed by atoms with Gasteiger partial charge >= 0.3 is 185 Å². The third-order valence-corrected chi connectivity index (χ3v) is 15.1. The summed E-state index contributed by atoms with van der Waals surface area (Å²) in [5, 5.41) is 11.8. The molecular weight excluding hydrogens is 463 g/mol. The molecule has 0 aliphatic heterocycles. The summed E-state index contributed by atoms with van der Waals surface area (Å²) in [5.74, 6) is 0.216. The monoisotopic (exact) mass is 482 g/mol. The Kier molecular flexibility index (Phi) is 5.53. The van der Waals surface area contributed by atoms with E-state index >= 15 is 0 Å². The molecule has 4 rings (SSSR count). The first-order valence-corrected chi connectivity index (χ1v) is 14.2. The quantitative estimate of drug-likeness (QED) is 0.326. The van der Waals surface area contributed by atoms with Crippen molar-refractivity contribution in [2.75, 3.05) is 0 Å². The van der Waals surface area contributed by atoms with Gasteiger partial charge in [0.05, 0.1) is 0 Å². The van der Waals surface area contributed by atoms with Crippen LogP contribution in [0.25, 0.3) is 0 Å². The molecule has 0 aliphatic carbocycles. The van der Waals surface area contributed by atoms with E-state index in [1.807, 2.05) is 30.3 Å². The third kappa shape index (κ3) is 3.51. The normalized spacial score (nSPS) is 12.8. The van der Waals surface area contributed by atoms with Gasteiger partial charge in [0.1, 0.15) is 0 Å². The van der Waals surface area contributed by atoms with Gasteiger partial charge in [-0.2, -0.15) is 0 Å². The molecule has 0 spiro atoms. The predicted molar refractivity (Wildman–Crippen MR) is 131 cm³/mol. The van der Waals surface area contributed by atoms with E-state index in [0.717, 1.165) is 5.56 Å². The zero-order chi connectivity index (χ0) is 20.3. The minimum atomic E-state index is -3.12. The van der Waals surface area contributed by atoms with Gasteiger partial charge in [-0.1, -0.05) is 0 Å². The zero-order valence-corrected chi connectivity index (χ0v) is 19.0. The van der Waals surface area contributed by atoms with Crippen molar-refractivity contribution in [3.05, 3.63) is 120 Å². The number of hydrogen-bond donors (Lipinski definition) is 1. The second kappa shape index (κ2) is 7.95. The van der Waals surface area contributed by atoms with Crippen LogP contribution in [0.5, 0.6) is 5.75 Å². The first-order chi connectivity index (χ1) is 14.0. The Bertz CT molecular complexity index is 1020. The van der Waals surface area contributed by atoms with E-state index in [2.05, 4.69) is 88.3 Å². The van der Waals surface area contributed by atoms with E-state index in [1.54, 1.807) is 6.07 Å². The molecule has 4 aromatic rings. The fourth-order valence-corrected chi connectivity index (χ4v) is 11.8. The van der Waals surface area contributed by atoms with Crippen LogP contribution in [0.1, 0.15) is 5.56 Å². The molecular formula is C25H21BrClOP. The molecule has 0 aliphatic rings. The van der Waals surface area contributed by atoms with Gasteiger partial charge in [-0.3, -0.25) is 0 Å². The molecule has 0 unspecified atom stereocenters. The molecule has 0 aromatic heterocycles.